The Labute approximate surface area is 142 Å². The molecular weight excluding hydrogens is 306 g/mol. The fourth-order valence-electron chi connectivity index (χ4n) is 4.03. The maximum atomic E-state index is 12.7. The topological polar surface area (TPSA) is 55.8 Å². The van der Waals surface area contributed by atoms with Gasteiger partial charge in [0.25, 0.3) is 5.91 Å². The first-order chi connectivity index (χ1) is 11.7. The van der Waals surface area contributed by atoms with Crippen LogP contribution < -0.4 is 9.47 Å². The lowest BCUT2D eigenvalue weighted by molar-refractivity contribution is -0.139. The van der Waals surface area contributed by atoms with E-state index >= 15 is 0 Å². The maximum absolute atomic E-state index is 12.7. The van der Waals surface area contributed by atoms with Crippen molar-refractivity contribution in [2.45, 2.75) is 44.6 Å². The summed E-state index contributed by atoms with van der Waals surface area (Å²) in [5.41, 5.74) is 0.520. The number of hydrogen-bond donors (Lipinski definition) is 0. The SMILES string of the molecule is COc1cc(C=O)ccc1OCC(=O)N1CCCC2CCCCC21. The lowest BCUT2D eigenvalue weighted by Gasteiger charge is -2.44. The molecule has 5 nitrogen and oxygen atoms in total. The Bertz CT molecular complexity index is 599. The van der Waals surface area contributed by atoms with E-state index in [1.165, 1.54) is 32.8 Å². The smallest absolute Gasteiger partial charge is 0.260 e. The van der Waals surface area contributed by atoms with Crippen molar-refractivity contribution in [3.05, 3.63) is 23.8 Å². The maximum Gasteiger partial charge on any atom is 0.260 e. The fourth-order valence-corrected chi connectivity index (χ4v) is 4.03. The van der Waals surface area contributed by atoms with Gasteiger partial charge in [0, 0.05) is 18.2 Å². The van der Waals surface area contributed by atoms with E-state index in [1.807, 2.05) is 4.90 Å². The fraction of sp³-hybridized carbons (Fsp3) is 0.579. The molecule has 2 atom stereocenters. The number of amides is 1. The van der Waals surface area contributed by atoms with Crippen molar-refractivity contribution in [2.24, 2.45) is 5.92 Å². The first-order valence-corrected chi connectivity index (χ1v) is 8.78. The number of ether oxygens (including phenoxy) is 2. The molecule has 24 heavy (non-hydrogen) atoms. The Morgan fingerprint density at radius 3 is 2.79 bits per heavy atom. The molecule has 1 heterocycles. The van der Waals surface area contributed by atoms with Crippen molar-refractivity contribution >= 4 is 12.2 Å². The zero-order chi connectivity index (χ0) is 16.9. The van der Waals surface area contributed by atoms with Crippen LogP contribution in [0.3, 0.4) is 0 Å². The third kappa shape index (κ3) is 3.55. The molecule has 130 valence electrons. The van der Waals surface area contributed by atoms with Gasteiger partial charge < -0.3 is 14.4 Å². The van der Waals surface area contributed by atoms with E-state index in [9.17, 15) is 9.59 Å². The van der Waals surface area contributed by atoms with E-state index in [1.54, 1.807) is 18.2 Å². The molecule has 0 spiro atoms. The average Bonchev–Trinajstić information content (AvgIpc) is 2.65. The van der Waals surface area contributed by atoms with Crippen LogP contribution in [0.4, 0.5) is 0 Å². The molecule has 5 heteroatoms. The van der Waals surface area contributed by atoms with Crippen LogP contribution in [-0.4, -0.2) is 43.4 Å². The highest BCUT2D eigenvalue weighted by Crippen LogP contribution is 2.35. The van der Waals surface area contributed by atoms with Gasteiger partial charge in [-0.3, -0.25) is 9.59 Å². The standard InChI is InChI=1S/C19H25NO4/c1-23-18-11-14(12-21)8-9-17(18)24-13-19(22)20-10-4-6-15-5-2-3-7-16(15)20/h8-9,11-12,15-16H,2-7,10,13H2,1H3. The number of aldehydes is 1. The minimum atomic E-state index is 0.0139. The monoisotopic (exact) mass is 331 g/mol. The summed E-state index contributed by atoms with van der Waals surface area (Å²) in [6.45, 7) is 0.852. The van der Waals surface area contributed by atoms with E-state index in [2.05, 4.69) is 0 Å². The number of carbonyl (C=O) groups is 2. The Morgan fingerprint density at radius 1 is 1.21 bits per heavy atom. The second-order valence-corrected chi connectivity index (χ2v) is 6.66. The van der Waals surface area contributed by atoms with E-state index in [0.29, 0.717) is 29.0 Å². The molecule has 0 radical (unpaired) electrons. The highest BCUT2D eigenvalue weighted by Gasteiger charge is 2.35. The lowest BCUT2D eigenvalue weighted by atomic mass is 9.78. The number of benzene rings is 1. The van der Waals surface area contributed by atoms with Crippen molar-refractivity contribution < 1.29 is 19.1 Å². The van der Waals surface area contributed by atoms with Gasteiger partial charge in [-0.05, 0) is 49.8 Å². The summed E-state index contributed by atoms with van der Waals surface area (Å²) in [5.74, 6) is 1.68. The summed E-state index contributed by atoms with van der Waals surface area (Å²) in [6.07, 6.45) is 7.96. The number of hydrogen-bond acceptors (Lipinski definition) is 4. The minimum Gasteiger partial charge on any atom is -0.493 e. The summed E-state index contributed by atoms with van der Waals surface area (Å²) >= 11 is 0. The predicted octanol–water partition coefficient (Wildman–Crippen LogP) is 3.07. The van der Waals surface area contributed by atoms with Crippen molar-refractivity contribution in [1.82, 2.24) is 4.90 Å². The molecule has 0 N–H and O–H groups in total. The largest absolute Gasteiger partial charge is 0.493 e. The zero-order valence-corrected chi connectivity index (χ0v) is 14.2. The van der Waals surface area contributed by atoms with Crippen LogP contribution in [0, 0.1) is 5.92 Å². The van der Waals surface area contributed by atoms with E-state index in [4.69, 9.17) is 9.47 Å². The number of methoxy groups -OCH3 is 1. The third-order valence-corrected chi connectivity index (χ3v) is 5.24. The molecule has 2 fully saturated rings. The molecule has 1 aromatic rings. The molecule has 2 unspecified atom stereocenters. The number of piperidine rings is 1. The molecule has 2 aliphatic rings. The Kier molecular flexibility index (Phi) is 5.38. The second-order valence-electron chi connectivity index (χ2n) is 6.66. The Balaban J connectivity index is 1.63. The van der Waals surface area contributed by atoms with Crippen LogP contribution in [0.25, 0.3) is 0 Å². The van der Waals surface area contributed by atoms with Gasteiger partial charge in [-0.25, -0.2) is 0 Å². The van der Waals surface area contributed by atoms with Gasteiger partial charge in [0.1, 0.15) is 6.29 Å². The molecule has 1 amide bonds. The van der Waals surface area contributed by atoms with Crippen LogP contribution >= 0.6 is 0 Å². The number of nitrogens with zero attached hydrogens (tertiary/aromatic N) is 1. The third-order valence-electron chi connectivity index (χ3n) is 5.24. The molecule has 1 saturated heterocycles. The summed E-state index contributed by atoms with van der Waals surface area (Å²) in [7, 11) is 1.52. The normalized spacial score (nSPS) is 23.3. The highest BCUT2D eigenvalue weighted by atomic mass is 16.5. The van der Waals surface area contributed by atoms with Crippen LogP contribution in [0.5, 0.6) is 11.5 Å². The quantitative estimate of drug-likeness (QED) is 0.778. The van der Waals surface area contributed by atoms with Gasteiger partial charge >= 0.3 is 0 Å². The van der Waals surface area contributed by atoms with E-state index < -0.39 is 0 Å². The van der Waals surface area contributed by atoms with E-state index in [0.717, 1.165) is 25.7 Å². The van der Waals surface area contributed by atoms with Crippen LogP contribution in [-0.2, 0) is 4.79 Å². The first-order valence-electron chi connectivity index (χ1n) is 8.78. The van der Waals surface area contributed by atoms with Gasteiger partial charge in [-0.2, -0.15) is 0 Å². The van der Waals surface area contributed by atoms with Gasteiger partial charge in [-0.15, -0.1) is 0 Å². The summed E-state index contributed by atoms with van der Waals surface area (Å²) in [5, 5.41) is 0. The number of likely N-dealkylation sites (tertiary alicyclic amines) is 1. The van der Waals surface area contributed by atoms with E-state index in [-0.39, 0.29) is 12.5 Å². The number of carbonyl (C=O) groups excluding carboxylic acids is 2. The molecule has 0 bridgehead atoms. The summed E-state index contributed by atoms with van der Waals surface area (Å²) in [4.78, 5) is 25.5. The Morgan fingerprint density at radius 2 is 2.00 bits per heavy atom. The second kappa shape index (κ2) is 7.69. The van der Waals surface area contributed by atoms with Crippen molar-refractivity contribution in [1.29, 1.82) is 0 Å². The molecule has 1 aliphatic heterocycles. The zero-order valence-electron chi connectivity index (χ0n) is 14.2. The number of rotatable bonds is 5. The van der Waals surface area contributed by atoms with Crippen LogP contribution in [0.1, 0.15) is 48.9 Å². The predicted molar refractivity (Wildman–Crippen MR) is 90.6 cm³/mol. The minimum absolute atomic E-state index is 0.0139. The first kappa shape index (κ1) is 16.8. The lowest BCUT2D eigenvalue weighted by Crippen LogP contribution is -2.51. The average molecular weight is 331 g/mol. The molecule has 0 aromatic heterocycles. The summed E-state index contributed by atoms with van der Waals surface area (Å²) < 4.78 is 10.9. The number of fused-ring (bicyclic) bond motifs is 1. The Hall–Kier alpha value is -2.04. The van der Waals surface area contributed by atoms with Crippen molar-refractivity contribution in [3.63, 3.8) is 0 Å². The van der Waals surface area contributed by atoms with Crippen LogP contribution in [0.15, 0.2) is 18.2 Å². The van der Waals surface area contributed by atoms with Crippen LogP contribution in [0.2, 0.25) is 0 Å². The highest BCUT2D eigenvalue weighted by molar-refractivity contribution is 5.79. The molecule has 1 aliphatic carbocycles. The molecule has 1 aromatic carbocycles. The van der Waals surface area contributed by atoms with Crippen molar-refractivity contribution in [2.75, 3.05) is 20.3 Å². The van der Waals surface area contributed by atoms with Gasteiger partial charge in [-0.1, -0.05) is 12.8 Å². The summed E-state index contributed by atoms with van der Waals surface area (Å²) in [6, 6.07) is 5.34. The van der Waals surface area contributed by atoms with Crippen molar-refractivity contribution in [3.8, 4) is 11.5 Å². The molecule has 1 saturated carbocycles. The van der Waals surface area contributed by atoms with Gasteiger partial charge in [0.05, 0.1) is 7.11 Å². The van der Waals surface area contributed by atoms with Gasteiger partial charge in [0.2, 0.25) is 0 Å². The molecule has 3 rings (SSSR count). The molecular formula is C19H25NO4. The van der Waals surface area contributed by atoms with Gasteiger partial charge in [0.15, 0.2) is 18.1 Å².